The lowest BCUT2D eigenvalue weighted by Crippen LogP contribution is -2.29. The standard InChI is InChI=1S/C30H42N2O2/c1-3-27(23-11-13-29(33)25(19-23)21-31-15-7-5-8-16-31)28(4-2)24-12-14-30(34)26(20-24)22-32-17-9-6-10-18-32/h11-14,19-20,33-34H,3-10,15-18,21-22H2,1-2H3/b28-27-. The van der Waals surface area contributed by atoms with Gasteiger partial charge in [-0.15, -0.1) is 0 Å². The van der Waals surface area contributed by atoms with Gasteiger partial charge in [0, 0.05) is 24.2 Å². The minimum atomic E-state index is 0.399. The average molecular weight is 463 g/mol. The van der Waals surface area contributed by atoms with E-state index >= 15 is 0 Å². The number of hydrogen-bond donors (Lipinski definition) is 2. The van der Waals surface area contributed by atoms with Crippen LogP contribution in [0, 0.1) is 0 Å². The molecule has 0 atom stereocenters. The molecule has 4 nitrogen and oxygen atoms in total. The molecule has 2 fully saturated rings. The molecule has 2 aliphatic rings. The molecule has 2 saturated heterocycles. The summed E-state index contributed by atoms with van der Waals surface area (Å²) in [4.78, 5) is 4.93. The number of phenolic OH excluding ortho intramolecular Hbond substituents is 2. The summed E-state index contributed by atoms with van der Waals surface area (Å²) in [6.07, 6.45) is 9.50. The Morgan fingerprint density at radius 3 is 1.35 bits per heavy atom. The zero-order chi connectivity index (χ0) is 23.9. The van der Waals surface area contributed by atoms with Crippen LogP contribution in [-0.2, 0) is 13.1 Å². The van der Waals surface area contributed by atoms with Crippen LogP contribution in [0.4, 0.5) is 0 Å². The summed E-state index contributed by atoms with van der Waals surface area (Å²) in [5.41, 5.74) is 7.12. The normalized spacial score (nSPS) is 18.6. The highest BCUT2D eigenvalue weighted by molar-refractivity contribution is 5.91. The Labute approximate surface area is 205 Å². The summed E-state index contributed by atoms with van der Waals surface area (Å²) in [5.74, 6) is 0.799. The number of hydrogen-bond acceptors (Lipinski definition) is 4. The highest BCUT2D eigenvalue weighted by Gasteiger charge is 2.17. The van der Waals surface area contributed by atoms with Crippen LogP contribution in [0.2, 0.25) is 0 Å². The second-order valence-corrected chi connectivity index (χ2v) is 10.0. The molecule has 0 unspecified atom stereocenters. The Bertz CT molecular complexity index is 906. The van der Waals surface area contributed by atoms with Gasteiger partial charge >= 0.3 is 0 Å². The van der Waals surface area contributed by atoms with Crippen molar-refractivity contribution in [2.45, 2.75) is 78.3 Å². The lowest BCUT2D eigenvalue weighted by molar-refractivity contribution is 0.218. The van der Waals surface area contributed by atoms with E-state index in [0.29, 0.717) is 11.5 Å². The molecular weight excluding hydrogens is 420 g/mol. The fraction of sp³-hybridized carbons (Fsp3) is 0.533. The predicted molar refractivity (Wildman–Crippen MR) is 142 cm³/mol. The van der Waals surface area contributed by atoms with Crippen molar-refractivity contribution in [3.8, 4) is 11.5 Å². The van der Waals surface area contributed by atoms with Gasteiger partial charge in [0.25, 0.3) is 0 Å². The number of nitrogens with zero attached hydrogens (tertiary/aromatic N) is 2. The number of allylic oxidation sites excluding steroid dienone is 2. The van der Waals surface area contributed by atoms with Gasteiger partial charge in [0.15, 0.2) is 0 Å². The first kappa shape index (κ1) is 24.8. The van der Waals surface area contributed by atoms with Gasteiger partial charge in [-0.25, -0.2) is 0 Å². The van der Waals surface area contributed by atoms with Gasteiger partial charge in [0.1, 0.15) is 11.5 Å². The topological polar surface area (TPSA) is 46.9 Å². The van der Waals surface area contributed by atoms with Crippen LogP contribution in [0.25, 0.3) is 11.1 Å². The molecule has 4 heteroatoms. The lowest BCUT2D eigenvalue weighted by atomic mass is 9.89. The fourth-order valence-corrected chi connectivity index (χ4v) is 5.70. The number of rotatable bonds is 8. The molecule has 2 aromatic rings. The van der Waals surface area contributed by atoms with E-state index in [4.69, 9.17) is 0 Å². The van der Waals surface area contributed by atoms with Crippen LogP contribution < -0.4 is 0 Å². The smallest absolute Gasteiger partial charge is 0.120 e. The number of phenols is 2. The summed E-state index contributed by atoms with van der Waals surface area (Å²) in [5, 5.41) is 21.2. The Morgan fingerprint density at radius 2 is 1.00 bits per heavy atom. The van der Waals surface area contributed by atoms with Crippen molar-refractivity contribution in [2.24, 2.45) is 0 Å². The van der Waals surface area contributed by atoms with E-state index < -0.39 is 0 Å². The Balaban J connectivity index is 1.64. The van der Waals surface area contributed by atoms with Crippen molar-refractivity contribution in [3.05, 3.63) is 58.7 Å². The molecule has 184 valence electrons. The van der Waals surface area contributed by atoms with Gasteiger partial charge < -0.3 is 10.2 Å². The monoisotopic (exact) mass is 462 g/mol. The van der Waals surface area contributed by atoms with Crippen molar-refractivity contribution in [2.75, 3.05) is 26.2 Å². The highest BCUT2D eigenvalue weighted by atomic mass is 16.3. The van der Waals surface area contributed by atoms with E-state index in [0.717, 1.165) is 63.2 Å². The Kier molecular flexibility index (Phi) is 8.69. The van der Waals surface area contributed by atoms with Gasteiger partial charge in [-0.1, -0.05) is 38.8 Å². The molecule has 0 amide bonds. The first-order valence-electron chi connectivity index (χ1n) is 13.4. The lowest BCUT2D eigenvalue weighted by Gasteiger charge is -2.27. The molecule has 34 heavy (non-hydrogen) atoms. The van der Waals surface area contributed by atoms with E-state index in [-0.39, 0.29) is 0 Å². The van der Waals surface area contributed by atoms with Crippen LogP contribution in [0.1, 0.15) is 87.5 Å². The van der Waals surface area contributed by atoms with Gasteiger partial charge in [0.05, 0.1) is 0 Å². The van der Waals surface area contributed by atoms with E-state index in [2.05, 4.69) is 47.9 Å². The SMILES string of the molecule is CC/C(=C(\CC)c1ccc(O)c(CN2CCCCC2)c1)c1ccc(O)c(CN2CCCCC2)c1. The molecule has 0 aliphatic carbocycles. The number of piperidine rings is 2. The fourth-order valence-electron chi connectivity index (χ4n) is 5.70. The van der Waals surface area contributed by atoms with Crippen LogP contribution in [-0.4, -0.2) is 46.2 Å². The van der Waals surface area contributed by atoms with Crippen molar-refractivity contribution >= 4 is 11.1 Å². The van der Waals surface area contributed by atoms with E-state index in [1.807, 2.05) is 12.1 Å². The van der Waals surface area contributed by atoms with Crippen molar-refractivity contribution in [1.29, 1.82) is 0 Å². The molecule has 0 aromatic heterocycles. The maximum absolute atomic E-state index is 10.6. The van der Waals surface area contributed by atoms with Crippen molar-refractivity contribution < 1.29 is 10.2 Å². The maximum Gasteiger partial charge on any atom is 0.120 e. The molecule has 0 saturated carbocycles. The number of benzene rings is 2. The Morgan fingerprint density at radius 1 is 0.618 bits per heavy atom. The van der Waals surface area contributed by atoms with E-state index in [1.54, 1.807) is 0 Å². The van der Waals surface area contributed by atoms with Crippen molar-refractivity contribution in [1.82, 2.24) is 9.80 Å². The maximum atomic E-state index is 10.6. The minimum Gasteiger partial charge on any atom is -0.508 e. The zero-order valence-corrected chi connectivity index (χ0v) is 21.2. The molecule has 0 spiro atoms. The molecule has 2 aromatic carbocycles. The quantitative estimate of drug-likeness (QED) is 0.424. The molecule has 2 heterocycles. The molecule has 4 rings (SSSR count). The summed E-state index contributed by atoms with van der Waals surface area (Å²) >= 11 is 0. The number of likely N-dealkylation sites (tertiary alicyclic amines) is 2. The first-order chi connectivity index (χ1) is 16.6. The van der Waals surface area contributed by atoms with Crippen molar-refractivity contribution in [3.63, 3.8) is 0 Å². The predicted octanol–water partition coefficient (Wildman–Crippen LogP) is 6.80. The van der Waals surface area contributed by atoms with Gasteiger partial charge in [-0.05, 0) is 111 Å². The van der Waals surface area contributed by atoms with Crippen LogP contribution in [0.3, 0.4) is 0 Å². The third-order valence-electron chi connectivity index (χ3n) is 7.61. The number of aromatic hydroxyl groups is 2. The van der Waals surface area contributed by atoms with Gasteiger partial charge in [0.2, 0.25) is 0 Å². The molecule has 2 N–H and O–H groups in total. The molecule has 2 aliphatic heterocycles. The molecular formula is C30H42N2O2. The van der Waals surface area contributed by atoms with E-state index in [9.17, 15) is 10.2 Å². The largest absolute Gasteiger partial charge is 0.508 e. The van der Waals surface area contributed by atoms with Gasteiger partial charge in [-0.3, -0.25) is 9.80 Å². The summed E-state index contributed by atoms with van der Waals surface area (Å²) < 4.78 is 0. The van der Waals surface area contributed by atoms with E-state index in [1.165, 1.54) is 60.8 Å². The minimum absolute atomic E-state index is 0.399. The summed E-state index contributed by atoms with van der Waals surface area (Å²) in [6, 6.07) is 12.3. The second kappa shape index (κ2) is 11.9. The third kappa shape index (κ3) is 6.03. The summed E-state index contributed by atoms with van der Waals surface area (Å²) in [6.45, 7) is 10.5. The van der Waals surface area contributed by atoms with Crippen LogP contribution in [0.15, 0.2) is 36.4 Å². The van der Waals surface area contributed by atoms with Crippen LogP contribution >= 0.6 is 0 Å². The second-order valence-electron chi connectivity index (χ2n) is 10.0. The van der Waals surface area contributed by atoms with Gasteiger partial charge in [-0.2, -0.15) is 0 Å². The molecule has 0 radical (unpaired) electrons. The average Bonchev–Trinajstić information content (AvgIpc) is 2.87. The molecule has 0 bridgehead atoms. The highest BCUT2D eigenvalue weighted by Crippen LogP contribution is 2.35. The Hall–Kier alpha value is -2.30. The van der Waals surface area contributed by atoms with Crippen LogP contribution in [0.5, 0.6) is 11.5 Å². The zero-order valence-electron chi connectivity index (χ0n) is 21.2. The third-order valence-corrected chi connectivity index (χ3v) is 7.61. The summed E-state index contributed by atoms with van der Waals surface area (Å²) in [7, 11) is 0. The first-order valence-corrected chi connectivity index (χ1v) is 13.4.